The predicted octanol–water partition coefficient (Wildman–Crippen LogP) is 5.38. The van der Waals surface area contributed by atoms with Crippen LogP contribution < -0.4 is 9.47 Å². The Balaban J connectivity index is 1.19. The van der Waals surface area contributed by atoms with Gasteiger partial charge in [0.15, 0.2) is 0 Å². The third-order valence-corrected chi connectivity index (χ3v) is 8.22. The van der Waals surface area contributed by atoms with Crippen LogP contribution in [0.4, 0.5) is 0 Å². The third-order valence-electron chi connectivity index (χ3n) is 8.22. The maximum absolute atomic E-state index is 11.2. The van der Waals surface area contributed by atoms with Crippen molar-refractivity contribution in [1.29, 1.82) is 10.5 Å². The van der Waals surface area contributed by atoms with Gasteiger partial charge < -0.3 is 24.1 Å². The minimum absolute atomic E-state index is 0.215. The Morgan fingerprint density at radius 2 is 1.10 bits per heavy atom. The molecule has 0 aromatic heterocycles. The fourth-order valence-electron chi connectivity index (χ4n) is 5.47. The van der Waals surface area contributed by atoms with E-state index in [-0.39, 0.29) is 12.2 Å². The first-order valence-electron chi connectivity index (χ1n) is 16.3. The largest absolute Gasteiger partial charge is 0.491 e. The smallest absolute Gasteiger partial charge is 0.119 e. The summed E-state index contributed by atoms with van der Waals surface area (Å²) < 4.78 is 24.9. The molecule has 4 aromatic carbocycles. The molecule has 3 atom stereocenters. The zero-order valence-electron chi connectivity index (χ0n) is 27.1. The lowest BCUT2D eigenvalue weighted by atomic mass is 10.2. The van der Waals surface area contributed by atoms with Crippen LogP contribution in [0, 0.1) is 22.7 Å². The maximum atomic E-state index is 11.2. The number of aliphatic hydroxyl groups excluding tert-OH is 1. The van der Waals surface area contributed by atoms with E-state index < -0.39 is 6.23 Å². The van der Waals surface area contributed by atoms with Gasteiger partial charge in [0.25, 0.3) is 0 Å². The van der Waals surface area contributed by atoms with E-state index in [9.17, 15) is 5.11 Å². The molecule has 4 aromatic rings. The van der Waals surface area contributed by atoms with Crippen LogP contribution in [0.5, 0.6) is 11.5 Å². The summed E-state index contributed by atoms with van der Waals surface area (Å²) in [6.07, 6.45) is -0.576. The van der Waals surface area contributed by atoms with E-state index in [4.69, 9.17) is 29.5 Å². The highest BCUT2D eigenvalue weighted by Crippen LogP contribution is 2.18. The molecule has 1 aliphatic rings. The van der Waals surface area contributed by atoms with Gasteiger partial charge in [-0.25, -0.2) is 0 Å². The van der Waals surface area contributed by atoms with Crippen molar-refractivity contribution in [3.8, 4) is 23.6 Å². The first kappa shape index (κ1) is 34.6. The van der Waals surface area contributed by atoms with Gasteiger partial charge in [-0.1, -0.05) is 60.7 Å². The number of nitriles is 2. The first-order valence-corrected chi connectivity index (χ1v) is 16.3. The van der Waals surface area contributed by atoms with Gasteiger partial charge in [0.05, 0.1) is 36.5 Å². The third kappa shape index (κ3) is 11.2. The Hall–Kier alpha value is -4.74. The standard InChI is InChI=1S/C39H42N4O5/c40-23-31-11-15-35(16-12-31)47-29-37(45-27-33-7-3-1-4-8-33)25-42-20-19-39(44)43(22-21-42)26-38(46-28-34-9-5-2-6-10-34)30-48-36-17-13-32(24-41)14-18-36/h1-18,37-39,44H,19-22,25-30H2. The van der Waals surface area contributed by atoms with Crippen LogP contribution >= 0.6 is 0 Å². The van der Waals surface area contributed by atoms with Crippen LogP contribution in [-0.2, 0) is 22.7 Å². The zero-order chi connectivity index (χ0) is 33.4. The highest BCUT2D eigenvalue weighted by Gasteiger charge is 2.27. The maximum Gasteiger partial charge on any atom is 0.119 e. The number of ether oxygens (including phenoxy) is 4. The van der Waals surface area contributed by atoms with Gasteiger partial charge in [-0.2, -0.15) is 10.5 Å². The molecular formula is C39H42N4O5. The number of benzene rings is 4. The van der Waals surface area contributed by atoms with Gasteiger partial charge in [-0.15, -0.1) is 0 Å². The van der Waals surface area contributed by atoms with Crippen molar-refractivity contribution < 1.29 is 24.1 Å². The van der Waals surface area contributed by atoms with Gasteiger partial charge in [-0.3, -0.25) is 9.80 Å². The number of nitrogens with zero attached hydrogens (tertiary/aromatic N) is 4. The summed E-state index contributed by atoms with van der Waals surface area (Å²) >= 11 is 0. The summed E-state index contributed by atoms with van der Waals surface area (Å²) in [4.78, 5) is 4.37. The van der Waals surface area contributed by atoms with E-state index in [0.29, 0.717) is 81.7 Å². The molecule has 0 spiro atoms. The summed E-state index contributed by atoms with van der Waals surface area (Å²) in [7, 11) is 0. The lowest BCUT2D eigenvalue weighted by Gasteiger charge is -2.30. The summed E-state index contributed by atoms with van der Waals surface area (Å²) in [5, 5.41) is 29.5. The van der Waals surface area contributed by atoms with E-state index in [1.54, 1.807) is 48.5 Å². The molecule has 5 rings (SSSR count). The lowest BCUT2D eigenvalue weighted by Crippen LogP contribution is -2.44. The number of hydrogen-bond acceptors (Lipinski definition) is 9. The molecule has 48 heavy (non-hydrogen) atoms. The lowest BCUT2D eigenvalue weighted by molar-refractivity contribution is -0.0564. The monoisotopic (exact) mass is 646 g/mol. The Morgan fingerprint density at radius 3 is 1.58 bits per heavy atom. The highest BCUT2D eigenvalue weighted by molar-refractivity contribution is 5.35. The molecule has 3 unspecified atom stereocenters. The SMILES string of the molecule is N#Cc1ccc(OCC(CN2CCC(O)N(CC(COc3ccc(C#N)cc3)OCc3ccccc3)CC2)OCc2ccccc2)cc1. The van der Waals surface area contributed by atoms with Crippen LogP contribution in [0.2, 0.25) is 0 Å². The summed E-state index contributed by atoms with van der Waals surface area (Å²) in [5.41, 5.74) is 3.31. The zero-order valence-corrected chi connectivity index (χ0v) is 27.1. The molecule has 1 saturated heterocycles. The predicted molar refractivity (Wildman–Crippen MR) is 182 cm³/mol. The van der Waals surface area contributed by atoms with E-state index in [2.05, 4.69) is 21.9 Å². The molecular weight excluding hydrogens is 604 g/mol. The molecule has 0 radical (unpaired) electrons. The molecule has 1 N–H and O–H groups in total. The highest BCUT2D eigenvalue weighted by atomic mass is 16.5. The molecule has 0 bridgehead atoms. The van der Waals surface area contributed by atoms with Crippen molar-refractivity contribution in [2.45, 2.75) is 38.1 Å². The van der Waals surface area contributed by atoms with Gasteiger partial charge in [0.2, 0.25) is 0 Å². The first-order chi connectivity index (χ1) is 23.6. The molecule has 9 nitrogen and oxygen atoms in total. The molecule has 1 fully saturated rings. The molecule has 1 heterocycles. The average Bonchev–Trinajstić information content (AvgIpc) is 3.31. The Morgan fingerprint density at radius 1 is 0.625 bits per heavy atom. The van der Waals surface area contributed by atoms with Crippen molar-refractivity contribution in [3.05, 3.63) is 131 Å². The van der Waals surface area contributed by atoms with E-state index in [1.807, 2.05) is 60.7 Å². The van der Waals surface area contributed by atoms with Crippen LogP contribution in [0.3, 0.4) is 0 Å². The Labute approximate surface area is 283 Å². The second kappa shape index (κ2) is 18.6. The van der Waals surface area contributed by atoms with Crippen LogP contribution in [0.15, 0.2) is 109 Å². The van der Waals surface area contributed by atoms with Crippen molar-refractivity contribution in [2.24, 2.45) is 0 Å². The van der Waals surface area contributed by atoms with Gasteiger partial charge >= 0.3 is 0 Å². The summed E-state index contributed by atoms with van der Waals surface area (Å²) in [5.74, 6) is 1.35. The van der Waals surface area contributed by atoms with Crippen LogP contribution in [-0.4, -0.2) is 79.3 Å². The number of rotatable bonds is 16. The Kier molecular flexibility index (Phi) is 13.4. The van der Waals surface area contributed by atoms with E-state index in [0.717, 1.165) is 17.7 Å². The molecule has 0 aliphatic carbocycles. The van der Waals surface area contributed by atoms with E-state index >= 15 is 0 Å². The number of hydrogen-bond donors (Lipinski definition) is 1. The normalized spacial score (nSPS) is 16.6. The van der Waals surface area contributed by atoms with Crippen LogP contribution in [0.1, 0.15) is 28.7 Å². The van der Waals surface area contributed by atoms with Gasteiger partial charge in [0.1, 0.15) is 43.1 Å². The molecule has 0 amide bonds. The average molecular weight is 647 g/mol. The second-order valence-corrected chi connectivity index (χ2v) is 11.8. The minimum atomic E-state index is -0.633. The molecule has 9 heteroatoms. The quantitative estimate of drug-likeness (QED) is 0.171. The second-order valence-electron chi connectivity index (χ2n) is 11.8. The van der Waals surface area contributed by atoms with Gasteiger partial charge in [-0.05, 0) is 66.1 Å². The Bertz CT molecular complexity index is 1590. The van der Waals surface area contributed by atoms with Crippen molar-refractivity contribution in [3.63, 3.8) is 0 Å². The van der Waals surface area contributed by atoms with Crippen molar-refractivity contribution >= 4 is 0 Å². The fraction of sp³-hybridized carbons (Fsp3) is 0.333. The van der Waals surface area contributed by atoms with Gasteiger partial charge in [0, 0.05) is 32.7 Å². The van der Waals surface area contributed by atoms with E-state index in [1.165, 1.54) is 0 Å². The molecule has 1 aliphatic heterocycles. The molecule has 248 valence electrons. The summed E-state index contributed by atoms with van der Waals surface area (Å²) in [6.45, 7) is 4.76. The minimum Gasteiger partial charge on any atom is -0.491 e. The number of aliphatic hydroxyl groups is 1. The summed E-state index contributed by atoms with van der Waals surface area (Å²) in [6, 6.07) is 38.4. The van der Waals surface area contributed by atoms with Crippen molar-refractivity contribution in [1.82, 2.24) is 9.80 Å². The molecule has 0 saturated carbocycles. The fourth-order valence-corrected chi connectivity index (χ4v) is 5.47. The van der Waals surface area contributed by atoms with Crippen molar-refractivity contribution in [2.75, 3.05) is 45.9 Å². The van der Waals surface area contributed by atoms with Crippen LogP contribution in [0.25, 0.3) is 0 Å². The topological polar surface area (TPSA) is 111 Å².